The highest BCUT2D eigenvalue weighted by atomic mass is 19.1. The van der Waals surface area contributed by atoms with Crippen molar-refractivity contribution in [3.8, 4) is 0 Å². The number of hydrogen-bond donors (Lipinski definition) is 2. The van der Waals surface area contributed by atoms with E-state index in [0.29, 0.717) is 18.2 Å². The lowest BCUT2D eigenvalue weighted by atomic mass is 10.2. The van der Waals surface area contributed by atoms with Gasteiger partial charge in [0, 0.05) is 19.3 Å². The Morgan fingerprint density at radius 1 is 1.31 bits per heavy atom. The average Bonchev–Trinajstić information content (AvgIpc) is 3.35. The molecule has 7 heteroatoms. The van der Waals surface area contributed by atoms with Gasteiger partial charge in [0.05, 0.1) is 24.5 Å². The van der Waals surface area contributed by atoms with Crippen LogP contribution in [0.1, 0.15) is 37.3 Å². The van der Waals surface area contributed by atoms with Crippen LogP contribution in [-0.2, 0) is 6.54 Å². The molecule has 140 valence electrons. The number of guanidine groups is 1. The minimum absolute atomic E-state index is 0.156. The third-order valence-electron chi connectivity index (χ3n) is 4.48. The SMILES string of the molecule is CCNC(=NCc1ncccc1F)NCC(c1ccco1)N1CCCC1. The van der Waals surface area contributed by atoms with Crippen molar-refractivity contribution in [3.05, 3.63) is 54.0 Å². The van der Waals surface area contributed by atoms with Crippen molar-refractivity contribution < 1.29 is 8.81 Å². The van der Waals surface area contributed by atoms with Crippen LogP contribution in [0.25, 0.3) is 0 Å². The molecule has 26 heavy (non-hydrogen) atoms. The van der Waals surface area contributed by atoms with Gasteiger partial charge in [-0.25, -0.2) is 9.38 Å². The van der Waals surface area contributed by atoms with E-state index in [9.17, 15) is 4.39 Å². The average molecular weight is 359 g/mol. The summed E-state index contributed by atoms with van der Waals surface area (Å²) in [5.41, 5.74) is 0.340. The molecule has 0 amide bonds. The van der Waals surface area contributed by atoms with Crippen LogP contribution in [0.5, 0.6) is 0 Å². The van der Waals surface area contributed by atoms with E-state index in [1.165, 1.54) is 18.9 Å². The number of furan rings is 1. The molecule has 0 radical (unpaired) electrons. The van der Waals surface area contributed by atoms with Crippen molar-refractivity contribution in [2.24, 2.45) is 4.99 Å². The van der Waals surface area contributed by atoms with Gasteiger partial charge in [-0.2, -0.15) is 0 Å². The van der Waals surface area contributed by atoms with E-state index in [1.54, 1.807) is 18.5 Å². The van der Waals surface area contributed by atoms with Crippen LogP contribution in [0.3, 0.4) is 0 Å². The van der Waals surface area contributed by atoms with Crippen molar-refractivity contribution >= 4 is 5.96 Å². The van der Waals surface area contributed by atoms with E-state index in [2.05, 4.69) is 25.5 Å². The van der Waals surface area contributed by atoms with Gasteiger partial charge in [-0.1, -0.05) is 0 Å². The summed E-state index contributed by atoms with van der Waals surface area (Å²) in [6, 6.07) is 7.07. The van der Waals surface area contributed by atoms with Crippen molar-refractivity contribution in [2.75, 3.05) is 26.2 Å². The Morgan fingerprint density at radius 2 is 2.15 bits per heavy atom. The smallest absolute Gasteiger partial charge is 0.191 e. The number of rotatable bonds is 7. The number of pyridine rings is 1. The monoisotopic (exact) mass is 359 g/mol. The highest BCUT2D eigenvalue weighted by Gasteiger charge is 2.25. The van der Waals surface area contributed by atoms with Gasteiger partial charge in [0.25, 0.3) is 0 Å². The maximum absolute atomic E-state index is 13.7. The molecule has 1 fully saturated rings. The highest BCUT2D eigenvalue weighted by Crippen LogP contribution is 2.24. The lowest BCUT2D eigenvalue weighted by Crippen LogP contribution is -2.42. The van der Waals surface area contributed by atoms with E-state index < -0.39 is 0 Å². The van der Waals surface area contributed by atoms with E-state index >= 15 is 0 Å². The fourth-order valence-electron chi connectivity index (χ4n) is 3.17. The first-order valence-corrected chi connectivity index (χ1v) is 9.17. The summed E-state index contributed by atoms with van der Waals surface area (Å²) < 4.78 is 19.4. The predicted octanol–water partition coefficient (Wildman–Crippen LogP) is 2.71. The maximum atomic E-state index is 13.7. The van der Waals surface area contributed by atoms with Gasteiger partial charge < -0.3 is 15.1 Å². The molecule has 2 aromatic heterocycles. The molecule has 0 aromatic carbocycles. The van der Waals surface area contributed by atoms with E-state index in [-0.39, 0.29) is 18.4 Å². The first-order valence-electron chi connectivity index (χ1n) is 9.17. The summed E-state index contributed by atoms with van der Waals surface area (Å²) in [6.07, 6.45) is 5.71. The number of halogens is 1. The lowest BCUT2D eigenvalue weighted by molar-refractivity contribution is 0.215. The van der Waals surface area contributed by atoms with E-state index in [0.717, 1.165) is 25.4 Å². The Kier molecular flexibility index (Phi) is 6.60. The normalized spacial score (nSPS) is 16.6. The standard InChI is InChI=1S/C19H26FN5O/c1-2-21-19(23-13-16-15(20)7-5-9-22-16)24-14-17(18-8-6-12-26-18)25-10-3-4-11-25/h5-9,12,17H,2-4,10-11,13-14H2,1H3,(H2,21,23,24). The zero-order valence-electron chi connectivity index (χ0n) is 15.1. The molecular formula is C19H26FN5O. The van der Waals surface area contributed by atoms with Gasteiger partial charge in [0.1, 0.15) is 11.6 Å². The zero-order valence-corrected chi connectivity index (χ0v) is 15.1. The molecule has 1 atom stereocenters. The summed E-state index contributed by atoms with van der Waals surface area (Å²) in [5, 5.41) is 6.57. The van der Waals surface area contributed by atoms with Gasteiger partial charge >= 0.3 is 0 Å². The van der Waals surface area contributed by atoms with Crippen LogP contribution in [0.4, 0.5) is 4.39 Å². The molecule has 2 N–H and O–H groups in total. The van der Waals surface area contributed by atoms with Crippen LogP contribution in [0, 0.1) is 5.82 Å². The molecule has 6 nitrogen and oxygen atoms in total. The Morgan fingerprint density at radius 3 is 2.85 bits per heavy atom. The molecule has 0 saturated carbocycles. The first kappa shape index (κ1) is 18.4. The summed E-state index contributed by atoms with van der Waals surface area (Å²) in [6.45, 7) is 5.73. The molecular weight excluding hydrogens is 333 g/mol. The first-order chi connectivity index (χ1) is 12.8. The van der Waals surface area contributed by atoms with Crippen molar-refractivity contribution in [3.63, 3.8) is 0 Å². The molecule has 0 bridgehead atoms. The van der Waals surface area contributed by atoms with Crippen LogP contribution in [0.2, 0.25) is 0 Å². The summed E-state index contributed by atoms with van der Waals surface area (Å²) in [7, 11) is 0. The van der Waals surface area contributed by atoms with Crippen molar-refractivity contribution in [2.45, 2.75) is 32.4 Å². The molecule has 1 saturated heterocycles. The Balaban J connectivity index is 1.66. The third-order valence-corrected chi connectivity index (χ3v) is 4.48. The molecule has 1 unspecified atom stereocenters. The number of likely N-dealkylation sites (tertiary alicyclic amines) is 1. The quantitative estimate of drug-likeness (QED) is 0.588. The zero-order chi connectivity index (χ0) is 18.2. The summed E-state index contributed by atoms with van der Waals surface area (Å²) in [5.74, 6) is 1.26. The number of aromatic nitrogens is 1. The molecule has 0 aliphatic carbocycles. The molecule has 1 aliphatic heterocycles. The highest BCUT2D eigenvalue weighted by molar-refractivity contribution is 5.79. The molecule has 0 spiro atoms. The van der Waals surface area contributed by atoms with Crippen LogP contribution in [-0.4, -0.2) is 42.0 Å². The summed E-state index contributed by atoms with van der Waals surface area (Å²) in [4.78, 5) is 10.9. The molecule has 1 aliphatic rings. The van der Waals surface area contributed by atoms with E-state index in [1.807, 2.05) is 19.1 Å². The fourth-order valence-corrected chi connectivity index (χ4v) is 3.17. The largest absolute Gasteiger partial charge is 0.468 e. The predicted molar refractivity (Wildman–Crippen MR) is 99.3 cm³/mol. The minimum atomic E-state index is -0.336. The van der Waals surface area contributed by atoms with Gasteiger partial charge in [-0.15, -0.1) is 0 Å². The molecule has 3 rings (SSSR count). The third kappa shape index (κ3) is 4.82. The van der Waals surface area contributed by atoms with Gasteiger partial charge in [-0.05, 0) is 57.1 Å². The second-order valence-electron chi connectivity index (χ2n) is 6.28. The maximum Gasteiger partial charge on any atom is 0.191 e. The Labute approximate surface area is 153 Å². The number of aliphatic imine (C=N–C) groups is 1. The van der Waals surface area contributed by atoms with Crippen LogP contribution >= 0.6 is 0 Å². The van der Waals surface area contributed by atoms with Crippen molar-refractivity contribution in [1.82, 2.24) is 20.5 Å². The van der Waals surface area contributed by atoms with Crippen molar-refractivity contribution in [1.29, 1.82) is 0 Å². The molecule has 3 heterocycles. The number of nitrogens with one attached hydrogen (secondary N) is 2. The lowest BCUT2D eigenvalue weighted by Gasteiger charge is -2.26. The topological polar surface area (TPSA) is 65.7 Å². The second kappa shape index (κ2) is 9.33. The number of nitrogens with zero attached hydrogens (tertiary/aromatic N) is 3. The van der Waals surface area contributed by atoms with E-state index in [4.69, 9.17) is 4.42 Å². The minimum Gasteiger partial charge on any atom is -0.468 e. The van der Waals surface area contributed by atoms with Gasteiger partial charge in [0.15, 0.2) is 5.96 Å². The molecule has 2 aromatic rings. The van der Waals surface area contributed by atoms with Crippen LogP contribution < -0.4 is 10.6 Å². The van der Waals surface area contributed by atoms with Gasteiger partial charge in [-0.3, -0.25) is 9.88 Å². The van der Waals surface area contributed by atoms with Crippen LogP contribution in [0.15, 0.2) is 46.1 Å². The Hall–Kier alpha value is -2.41. The fraction of sp³-hybridized carbons (Fsp3) is 0.474. The second-order valence-corrected chi connectivity index (χ2v) is 6.28. The van der Waals surface area contributed by atoms with Gasteiger partial charge in [0.2, 0.25) is 0 Å². The number of hydrogen-bond acceptors (Lipinski definition) is 4. The Bertz CT molecular complexity index is 698. The summed E-state index contributed by atoms with van der Waals surface area (Å²) >= 11 is 0.